The number of alkyl halides is 2. The van der Waals surface area contributed by atoms with E-state index in [-0.39, 0.29) is 28.3 Å². The maximum atomic E-state index is 12.7. The fraction of sp³-hybridized carbons (Fsp3) is 0.150. The Morgan fingerprint density at radius 2 is 1.84 bits per heavy atom. The molecule has 1 aromatic heterocycles. The van der Waals surface area contributed by atoms with Crippen LogP contribution in [-0.2, 0) is 4.74 Å². The molecule has 0 aliphatic rings. The third kappa shape index (κ3) is 5.10. The topological polar surface area (TPSA) is 91.7 Å². The zero-order chi connectivity index (χ0) is 22.5. The Labute approximate surface area is 180 Å². The smallest absolute Gasteiger partial charge is 0.387 e. The molecule has 2 aromatic carbocycles. The second-order valence-electron chi connectivity index (χ2n) is 6.02. The average Bonchev–Trinajstić information content (AvgIpc) is 3.24. The van der Waals surface area contributed by atoms with Gasteiger partial charge in [-0.3, -0.25) is 4.79 Å². The molecular weight excluding hydrogens is 436 g/mol. The highest BCUT2D eigenvalue weighted by Crippen LogP contribution is 2.35. The van der Waals surface area contributed by atoms with Crippen LogP contribution in [0.1, 0.15) is 20.7 Å². The van der Waals surface area contributed by atoms with Crippen LogP contribution in [-0.4, -0.2) is 42.5 Å². The monoisotopic (exact) mass is 451 g/mol. The number of hydrogen-bond acceptors (Lipinski definition) is 6. The number of rotatable bonds is 7. The number of benzene rings is 2. The lowest BCUT2D eigenvalue weighted by molar-refractivity contribution is -0.0511. The molecule has 162 valence electrons. The number of hydrogen-bond donors (Lipinski definition) is 1. The van der Waals surface area contributed by atoms with Gasteiger partial charge in [0.1, 0.15) is 0 Å². The number of carbonyl (C=O) groups is 2. The Balaban J connectivity index is 1.92. The molecule has 8 nitrogen and oxygen atoms in total. The van der Waals surface area contributed by atoms with Crippen LogP contribution in [0.3, 0.4) is 0 Å². The molecule has 1 amide bonds. The number of aromatic nitrogens is 2. The minimum Gasteiger partial charge on any atom is -0.493 e. The minimum absolute atomic E-state index is 0.104. The first-order valence-electron chi connectivity index (χ1n) is 8.69. The van der Waals surface area contributed by atoms with E-state index in [0.29, 0.717) is 10.7 Å². The lowest BCUT2D eigenvalue weighted by Gasteiger charge is -2.15. The van der Waals surface area contributed by atoms with Crippen molar-refractivity contribution in [1.82, 2.24) is 9.78 Å². The number of anilines is 1. The molecule has 0 radical (unpaired) electrons. The van der Waals surface area contributed by atoms with Gasteiger partial charge in [-0.2, -0.15) is 13.9 Å². The lowest BCUT2D eigenvalue weighted by Crippen LogP contribution is -2.16. The van der Waals surface area contributed by atoms with Crippen molar-refractivity contribution in [3.8, 4) is 17.2 Å². The third-order valence-corrected chi connectivity index (χ3v) is 4.36. The zero-order valence-corrected chi connectivity index (χ0v) is 17.0. The molecule has 0 fully saturated rings. The highest BCUT2D eigenvalue weighted by molar-refractivity contribution is 6.30. The second kappa shape index (κ2) is 9.43. The molecule has 0 bridgehead atoms. The highest BCUT2D eigenvalue weighted by Gasteiger charge is 2.22. The van der Waals surface area contributed by atoms with Gasteiger partial charge in [-0.25, -0.2) is 9.48 Å². The van der Waals surface area contributed by atoms with E-state index in [1.54, 1.807) is 24.3 Å². The Morgan fingerprint density at radius 3 is 2.45 bits per heavy atom. The average molecular weight is 452 g/mol. The maximum Gasteiger partial charge on any atom is 0.387 e. The number of amides is 1. The summed E-state index contributed by atoms with van der Waals surface area (Å²) in [5, 5.41) is 7.15. The summed E-state index contributed by atoms with van der Waals surface area (Å²) in [6.45, 7) is -3.14. The number of esters is 1. The molecule has 1 heterocycles. The third-order valence-electron chi connectivity index (χ3n) is 4.11. The summed E-state index contributed by atoms with van der Waals surface area (Å²) in [6, 6.07) is 8.95. The van der Waals surface area contributed by atoms with Gasteiger partial charge in [-0.05, 0) is 24.3 Å². The normalized spacial score (nSPS) is 10.6. The number of nitrogens with zero attached hydrogens (tertiary/aromatic N) is 2. The summed E-state index contributed by atoms with van der Waals surface area (Å²) < 4.78 is 41.0. The first-order valence-corrected chi connectivity index (χ1v) is 9.07. The van der Waals surface area contributed by atoms with Gasteiger partial charge in [0, 0.05) is 23.4 Å². The van der Waals surface area contributed by atoms with E-state index in [2.05, 4.69) is 15.2 Å². The van der Waals surface area contributed by atoms with Crippen LogP contribution < -0.4 is 14.8 Å². The summed E-state index contributed by atoms with van der Waals surface area (Å²) in [5.74, 6) is -1.95. The van der Waals surface area contributed by atoms with Crippen LogP contribution >= 0.6 is 11.6 Å². The van der Waals surface area contributed by atoms with Crippen LogP contribution in [0.4, 0.5) is 14.5 Å². The number of carbonyl (C=O) groups excluding carboxylic acids is 2. The van der Waals surface area contributed by atoms with Gasteiger partial charge in [0.25, 0.3) is 5.91 Å². The Bertz CT molecular complexity index is 1100. The van der Waals surface area contributed by atoms with Crippen molar-refractivity contribution in [3.63, 3.8) is 0 Å². The predicted molar refractivity (Wildman–Crippen MR) is 107 cm³/mol. The number of halogens is 3. The van der Waals surface area contributed by atoms with Crippen molar-refractivity contribution in [3.05, 3.63) is 64.9 Å². The standard InChI is InChI=1S/C20H16ClF2N3O5/c1-29-16-7-14(19(28)30-2)15(8-17(16)31-20(22)23)25-18(27)11-9-24-26(10-11)13-5-3-12(21)4-6-13/h3-10,20H,1-2H3,(H,25,27). The SMILES string of the molecule is COC(=O)c1cc(OC)c(OC(F)F)cc1NC(=O)c1cnn(-c2ccc(Cl)cc2)c1. The predicted octanol–water partition coefficient (Wildman–Crippen LogP) is 4.17. The molecule has 0 aliphatic carbocycles. The summed E-state index contributed by atoms with van der Waals surface area (Å²) in [5.41, 5.74) is 0.598. The first-order chi connectivity index (χ1) is 14.8. The molecule has 0 saturated carbocycles. The minimum atomic E-state index is -3.14. The second-order valence-corrected chi connectivity index (χ2v) is 6.46. The van der Waals surface area contributed by atoms with Gasteiger partial charge in [0.05, 0.1) is 42.9 Å². The van der Waals surface area contributed by atoms with Crippen molar-refractivity contribution in [2.75, 3.05) is 19.5 Å². The van der Waals surface area contributed by atoms with E-state index in [0.717, 1.165) is 19.2 Å². The molecule has 0 atom stereocenters. The van der Waals surface area contributed by atoms with Crippen LogP contribution in [0.2, 0.25) is 5.02 Å². The van der Waals surface area contributed by atoms with Gasteiger partial charge in [0.15, 0.2) is 11.5 Å². The van der Waals surface area contributed by atoms with Crippen LogP contribution in [0, 0.1) is 0 Å². The molecule has 0 saturated heterocycles. The molecule has 11 heteroatoms. The highest BCUT2D eigenvalue weighted by atomic mass is 35.5. The number of methoxy groups -OCH3 is 2. The van der Waals surface area contributed by atoms with E-state index >= 15 is 0 Å². The van der Waals surface area contributed by atoms with E-state index in [9.17, 15) is 18.4 Å². The Kier molecular flexibility index (Phi) is 6.71. The van der Waals surface area contributed by atoms with Crippen LogP contribution in [0.25, 0.3) is 5.69 Å². The molecule has 3 aromatic rings. The van der Waals surface area contributed by atoms with Crippen LogP contribution in [0.5, 0.6) is 11.5 Å². The maximum absolute atomic E-state index is 12.7. The van der Waals surface area contributed by atoms with E-state index in [1.807, 2.05) is 0 Å². The van der Waals surface area contributed by atoms with Gasteiger partial charge in [0.2, 0.25) is 0 Å². The van der Waals surface area contributed by atoms with Crippen molar-refractivity contribution in [2.24, 2.45) is 0 Å². The van der Waals surface area contributed by atoms with Gasteiger partial charge >= 0.3 is 12.6 Å². The molecular formula is C20H16ClF2N3O5. The fourth-order valence-electron chi connectivity index (χ4n) is 2.66. The number of nitrogens with one attached hydrogen (secondary N) is 1. The van der Waals surface area contributed by atoms with E-state index < -0.39 is 18.5 Å². The summed E-state index contributed by atoms with van der Waals surface area (Å²) in [6.07, 6.45) is 2.76. The first kappa shape index (κ1) is 22.0. The molecule has 31 heavy (non-hydrogen) atoms. The molecule has 1 N–H and O–H groups in total. The molecule has 3 rings (SSSR count). The van der Waals surface area contributed by atoms with Crippen LogP contribution in [0.15, 0.2) is 48.8 Å². The van der Waals surface area contributed by atoms with Gasteiger partial charge in [-0.1, -0.05) is 11.6 Å². The summed E-state index contributed by atoms with van der Waals surface area (Å²) >= 11 is 5.87. The van der Waals surface area contributed by atoms with Crippen molar-refractivity contribution in [2.45, 2.75) is 6.61 Å². The number of ether oxygens (including phenoxy) is 3. The molecule has 0 unspecified atom stereocenters. The summed E-state index contributed by atoms with van der Waals surface area (Å²) in [4.78, 5) is 24.8. The molecule has 0 aliphatic heterocycles. The largest absolute Gasteiger partial charge is 0.493 e. The van der Waals surface area contributed by atoms with Crippen molar-refractivity contribution in [1.29, 1.82) is 0 Å². The Hall–Kier alpha value is -3.66. The quantitative estimate of drug-likeness (QED) is 0.542. The van der Waals surface area contributed by atoms with Crippen molar-refractivity contribution >= 4 is 29.2 Å². The van der Waals surface area contributed by atoms with Gasteiger partial charge in [-0.15, -0.1) is 0 Å². The molecule has 0 spiro atoms. The van der Waals surface area contributed by atoms with E-state index in [1.165, 1.54) is 24.2 Å². The zero-order valence-electron chi connectivity index (χ0n) is 16.3. The Morgan fingerprint density at radius 1 is 1.13 bits per heavy atom. The van der Waals surface area contributed by atoms with E-state index in [4.69, 9.17) is 21.1 Å². The van der Waals surface area contributed by atoms with Crippen molar-refractivity contribution < 1.29 is 32.6 Å². The summed E-state index contributed by atoms with van der Waals surface area (Å²) in [7, 11) is 2.36. The lowest BCUT2D eigenvalue weighted by atomic mass is 10.1. The fourth-order valence-corrected chi connectivity index (χ4v) is 2.79. The van der Waals surface area contributed by atoms with Gasteiger partial charge < -0.3 is 19.5 Å².